The third-order valence-corrected chi connectivity index (χ3v) is 10.9. The number of aliphatic hydroxyl groups is 1. The van der Waals surface area contributed by atoms with Crippen molar-refractivity contribution in [1.29, 1.82) is 0 Å². The van der Waals surface area contributed by atoms with Crippen molar-refractivity contribution < 1.29 is 34.0 Å². The Morgan fingerprint density at radius 2 is 1.56 bits per heavy atom. The summed E-state index contributed by atoms with van der Waals surface area (Å²) in [5.74, 6) is 1.37. The van der Waals surface area contributed by atoms with Crippen LogP contribution in [0.5, 0.6) is 0 Å². The molecule has 0 amide bonds. The fraction of sp³-hybridized carbons (Fsp3) is 0.906. The van der Waals surface area contributed by atoms with E-state index in [4.69, 9.17) is 18.9 Å². The molecule has 0 spiro atoms. The number of rotatable bonds is 11. The van der Waals surface area contributed by atoms with Crippen molar-refractivity contribution in [1.82, 2.24) is 0 Å². The third-order valence-electron chi connectivity index (χ3n) is 10.9. The van der Waals surface area contributed by atoms with E-state index in [2.05, 4.69) is 12.2 Å². The molecule has 7 heteroatoms. The molecule has 220 valence electrons. The van der Waals surface area contributed by atoms with Crippen LogP contribution in [0.4, 0.5) is 0 Å². The van der Waals surface area contributed by atoms with Crippen molar-refractivity contribution in [2.45, 2.75) is 134 Å². The van der Waals surface area contributed by atoms with Gasteiger partial charge in [-0.15, -0.1) is 0 Å². The zero-order valence-electron chi connectivity index (χ0n) is 23.6. The second-order valence-corrected chi connectivity index (χ2v) is 13.9. The van der Waals surface area contributed by atoms with Gasteiger partial charge in [0.25, 0.3) is 0 Å². The number of carboxylic acids is 1. The van der Waals surface area contributed by atoms with E-state index < -0.39 is 12.1 Å². The molecule has 7 unspecified atom stereocenters. The SMILES string of the molecule is O=C(O)CC1C(O)CC(OC2CCCCO2)C1C=CC(CCC12CC3CC(CC(C3)C1)C2)OC1CCCCO1. The summed E-state index contributed by atoms with van der Waals surface area (Å²) in [6, 6.07) is 0. The van der Waals surface area contributed by atoms with Crippen LogP contribution < -0.4 is 0 Å². The topological polar surface area (TPSA) is 94.5 Å². The number of aliphatic carboxylic acids is 1. The summed E-state index contributed by atoms with van der Waals surface area (Å²) in [7, 11) is 0. The largest absolute Gasteiger partial charge is 0.481 e. The van der Waals surface area contributed by atoms with Crippen LogP contribution in [0.2, 0.25) is 0 Å². The molecule has 2 aliphatic heterocycles. The van der Waals surface area contributed by atoms with E-state index in [-0.39, 0.29) is 43.0 Å². The summed E-state index contributed by atoms with van der Waals surface area (Å²) < 4.78 is 24.8. The van der Waals surface area contributed by atoms with Gasteiger partial charge in [0, 0.05) is 31.5 Å². The number of hydrogen-bond acceptors (Lipinski definition) is 6. The van der Waals surface area contributed by atoms with Crippen LogP contribution in [-0.2, 0) is 23.7 Å². The Labute approximate surface area is 234 Å². The summed E-state index contributed by atoms with van der Waals surface area (Å²) in [6.45, 7) is 1.45. The van der Waals surface area contributed by atoms with Gasteiger partial charge in [0.15, 0.2) is 12.6 Å². The smallest absolute Gasteiger partial charge is 0.303 e. The van der Waals surface area contributed by atoms with Crippen molar-refractivity contribution in [3.63, 3.8) is 0 Å². The van der Waals surface area contributed by atoms with E-state index >= 15 is 0 Å². The van der Waals surface area contributed by atoms with Gasteiger partial charge in [-0.05, 0) is 113 Å². The first-order valence-electron chi connectivity index (χ1n) is 16.1. The normalized spacial score (nSPS) is 44.7. The molecule has 2 N–H and O–H groups in total. The van der Waals surface area contributed by atoms with E-state index in [1.165, 1.54) is 44.9 Å². The molecule has 2 saturated heterocycles. The van der Waals surface area contributed by atoms with Crippen molar-refractivity contribution >= 4 is 5.97 Å². The molecular formula is C32H50O7. The van der Waals surface area contributed by atoms with E-state index in [1.54, 1.807) is 0 Å². The highest BCUT2D eigenvalue weighted by Crippen LogP contribution is 2.61. The molecule has 0 aromatic carbocycles. The summed E-state index contributed by atoms with van der Waals surface area (Å²) in [4.78, 5) is 11.7. The second kappa shape index (κ2) is 12.5. The lowest BCUT2D eigenvalue weighted by Crippen LogP contribution is -2.46. The highest BCUT2D eigenvalue weighted by molar-refractivity contribution is 5.67. The van der Waals surface area contributed by atoms with Crippen molar-refractivity contribution in [2.24, 2.45) is 35.0 Å². The molecular weight excluding hydrogens is 496 g/mol. The molecule has 0 aromatic heterocycles. The van der Waals surface area contributed by atoms with Gasteiger partial charge in [-0.2, -0.15) is 0 Å². The molecule has 5 saturated carbocycles. The zero-order chi connectivity index (χ0) is 26.8. The fourth-order valence-corrected chi connectivity index (χ4v) is 9.52. The summed E-state index contributed by atoms with van der Waals surface area (Å²) in [6.07, 6.45) is 20.0. The van der Waals surface area contributed by atoms with E-state index in [1.807, 2.05) is 0 Å². The number of carbonyl (C=O) groups is 1. The third kappa shape index (κ3) is 6.91. The number of aliphatic hydroxyl groups excluding tert-OH is 1. The molecule has 0 aromatic rings. The molecule has 0 radical (unpaired) electrons. The number of hydrogen-bond donors (Lipinski definition) is 2. The van der Waals surface area contributed by atoms with E-state index in [9.17, 15) is 15.0 Å². The summed E-state index contributed by atoms with van der Waals surface area (Å²) >= 11 is 0. The minimum atomic E-state index is -0.878. The highest BCUT2D eigenvalue weighted by Gasteiger charge is 2.50. The predicted octanol–water partition coefficient (Wildman–Crippen LogP) is 5.83. The monoisotopic (exact) mass is 546 g/mol. The van der Waals surface area contributed by atoms with Crippen LogP contribution in [0.25, 0.3) is 0 Å². The van der Waals surface area contributed by atoms with Crippen molar-refractivity contribution in [3.05, 3.63) is 12.2 Å². The summed E-state index contributed by atoms with van der Waals surface area (Å²) in [5, 5.41) is 20.5. The van der Waals surface area contributed by atoms with E-state index in [0.717, 1.165) is 69.3 Å². The molecule has 7 aliphatic rings. The van der Waals surface area contributed by atoms with Gasteiger partial charge in [-0.1, -0.05) is 12.2 Å². The van der Waals surface area contributed by atoms with Gasteiger partial charge in [0.2, 0.25) is 0 Å². The Morgan fingerprint density at radius 3 is 2.15 bits per heavy atom. The van der Waals surface area contributed by atoms with Gasteiger partial charge >= 0.3 is 5.97 Å². The van der Waals surface area contributed by atoms with E-state index in [0.29, 0.717) is 18.4 Å². The molecule has 7 rings (SSSR count). The van der Waals surface area contributed by atoms with Crippen LogP contribution in [0.15, 0.2) is 12.2 Å². The first-order chi connectivity index (χ1) is 18.9. The molecule has 7 fully saturated rings. The maximum atomic E-state index is 11.7. The van der Waals surface area contributed by atoms with Crippen molar-refractivity contribution in [2.75, 3.05) is 13.2 Å². The molecule has 7 nitrogen and oxygen atoms in total. The maximum absolute atomic E-state index is 11.7. The first kappa shape index (κ1) is 28.1. The molecule has 5 aliphatic carbocycles. The van der Waals surface area contributed by atoms with Gasteiger partial charge in [0.05, 0.1) is 24.7 Å². The lowest BCUT2D eigenvalue weighted by molar-refractivity contribution is -0.193. The van der Waals surface area contributed by atoms with Gasteiger partial charge in [-0.3, -0.25) is 4.79 Å². The van der Waals surface area contributed by atoms with Crippen LogP contribution >= 0.6 is 0 Å². The minimum absolute atomic E-state index is 0.0634. The fourth-order valence-electron chi connectivity index (χ4n) is 9.52. The predicted molar refractivity (Wildman–Crippen MR) is 146 cm³/mol. The Morgan fingerprint density at radius 1 is 0.923 bits per heavy atom. The molecule has 7 atom stereocenters. The van der Waals surface area contributed by atoms with Gasteiger partial charge in [-0.25, -0.2) is 0 Å². The maximum Gasteiger partial charge on any atom is 0.303 e. The standard InChI is InChI=1S/C32H50O7/c33-27-17-28(39-31-6-2-4-12-37-31)25(26(27)16-29(34)35)8-7-24(38-30-5-1-3-11-36-30)9-10-32-18-21-13-22(19-32)15-23(14-21)20-32/h7-8,21-28,30-31,33H,1-6,9-20H2,(H,34,35). The van der Waals surface area contributed by atoms with Crippen LogP contribution in [0.1, 0.15) is 103 Å². The number of ether oxygens (including phenoxy) is 4. The van der Waals surface area contributed by atoms with Crippen LogP contribution in [0, 0.1) is 35.0 Å². The number of carboxylic acid groups (broad SMARTS) is 1. The summed E-state index contributed by atoms with van der Waals surface area (Å²) in [5.41, 5.74) is 0.483. The first-order valence-corrected chi connectivity index (χ1v) is 16.1. The average molecular weight is 547 g/mol. The second-order valence-electron chi connectivity index (χ2n) is 13.9. The quantitative estimate of drug-likeness (QED) is 0.315. The molecule has 4 bridgehead atoms. The minimum Gasteiger partial charge on any atom is -0.481 e. The molecule has 2 heterocycles. The zero-order valence-corrected chi connectivity index (χ0v) is 23.6. The van der Waals surface area contributed by atoms with Gasteiger partial charge < -0.3 is 29.2 Å². The Hall–Kier alpha value is -0.990. The lowest BCUT2D eigenvalue weighted by atomic mass is 9.48. The van der Waals surface area contributed by atoms with Crippen molar-refractivity contribution in [3.8, 4) is 0 Å². The Balaban J connectivity index is 1.16. The average Bonchev–Trinajstić information content (AvgIpc) is 3.19. The molecule has 39 heavy (non-hydrogen) atoms. The Kier molecular flexibility index (Phi) is 9.01. The van der Waals surface area contributed by atoms with Crippen LogP contribution in [-0.4, -0.2) is 60.3 Å². The lowest BCUT2D eigenvalue weighted by Gasteiger charge is -2.57. The Bertz CT molecular complexity index is 810. The van der Waals surface area contributed by atoms with Gasteiger partial charge in [0.1, 0.15) is 0 Å². The van der Waals surface area contributed by atoms with Crippen LogP contribution in [0.3, 0.4) is 0 Å². The highest BCUT2D eigenvalue weighted by atomic mass is 16.7.